The van der Waals surface area contributed by atoms with Crippen LogP contribution in [0.25, 0.3) is 0 Å². The summed E-state index contributed by atoms with van der Waals surface area (Å²) in [6, 6.07) is 3.32. The molecular formula is C15H16F2N4O4. The quantitative estimate of drug-likeness (QED) is 0.634. The molecule has 134 valence electrons. The summed E-state index contributed by atoms with van der Waals surface area (Å²) in [5.41, 5.74) is 1.02. The number of hydrogen-bond donors (Lipinski definition) is 1. The Hall–Kier alpha value is -3.04. The fourth-order valence-corrected chi connectivity index (χ4v) is 2.28. The topological polar surface area (TPSA) is 99.3 Å². The van der Waals surface area contributed by atoms with Gasteiger partial charge in [0.1, 0.15) is 23.7 Å². The Morgan fingerprint density at radius 1 is 1.40 bits per heavy atom. The molecule has 1 heterocycles. The summed E-state index contributed by atoms with van der Waals surface area (Å²) in [4.78, 5) is 22.6. The third kappa shape index (κ3) is 4.08. The first kappa shape index (κ1) is 18.3. The van der Waals surface area contributed by atoms with Gasteiger partial charge in [-0.3, -0.25) is 19.6 Å². The van der Waals surface area contributed by atoms with Gasteiger partial charge in [0.2, 0.25) is 5.91 Å². The van der Waals surface area contributed by atoms with Crippen molar-refractivity contribution in [3.8, 4) is 5.75 Å². The molecule has 0 bridgehead atoms. The molecule has 1 aromatic carbocycles. The highest BCUT2D eigenvalue weighted by Gasteiger charge is 2.24. The molecule has 0 radical (unpaired) electrons. The first-order chi connectivity index (χ1) is 11.7. The van der Waals surface area contributed by atoms with E-state index >= 15 is 0 Å². The minimum Gasteiger partial charge on any atom is -0.435 e. The van der Waals surface area contributed by atoms with Gasteiger partial charge < -0.3 is 10.1 Å². The Balaban J connectivity index is 2.15. The number of alkyl halides is 2. The monoisotopic (exact) mass is 354 g/mol. The van der Waals surface area contributed by atoms with Gasteiger partial charge in [0.15, 0.2) is 0 Å². The van der Waals surface area contributed by atoms with E-state index in [9.17, 15) is 23.7 Å². The SMILES string of the molecule is Cc1cc(OC(F)F)ccc1NC(=O)C(C)n1ncc([N+](=O)[O-])c1C. The number of benzene rings is 1. The number of carbonyl (C=O) groups excluding carboxylic acids is 1. The standard InChI is InChI=1S/C15H16F2N4O4/c1-8-6-11(25-15(16)17)4-5-12(8)19-14(22)10(3)20-9(2)13(7-18-20)21(23)24/h4-7,10,15H,1-3H3,(H,19,22). The van der Waals surface area contributed by atoms with E-state index in [1.54, 1.807) is 13.8 Å². The number of ether oxygens (including phenoxy) is 1. The van der Waals surface area contributed by atoms with Crippen molar-refractivity contribution in [1.29, 1.82) is 0 Å². The number of anilines is 1. The van der Waals surface area contributed by atoms with Crippen molar-refractivity contribution in [3.63, 3.8) is 0 Å². The van der Waals surface area contributed by atoms with E-state index in [2.05, 4.69) is 15.2 Å². The van der Waals surface area contributed by atoms with Gasteiger partial charge in [-0.1, -0.05) is 0 Å². The molecule has 0 aliphatic heterocycles. The molecule has 10 heteroatoms. The number of nitrogens with one attached hydrogen (secondary N) is 1. The van der Waals surface area contributed by atoms with Crippen molar-refractivity contribution < 1.29 is 23.2 Å². The Morgan fingerprint density at radius 3 is 2.60 bits per heavy atom. The first-order valence-corrected chi connectivity index (χ1v) is 7.25. The van der Waals surface area contributed by atoms with Crippen LogP contribution in [-0.4, -0.2) is 27.2 Å². The number of hydrogen-bond acceptors (Lipinski definition) is 5. The van der Waals surface area contributed by atoms with Crippen LogP contribution < -0.4 is 10.1 Å². The molecular weight excluding hydrogens is 338 g/mol. The molecule has 8 nitrogen and oxygen atoms in total. The van der Waals surface area contributed by atoms with Crippen LogP contribution >= 0.6 is 0 Å². The van der Waals surface area contributed by atoms with Gasteiger partial charge in [-0.25, -0.2) is 0 Å². The van der Waals surface area contributed by atoms with E-state index in [1.807, 2.05) is 0 Å². The number of amides is 1. The average molecular weight is 354 g/mol. The molecule has 2 rings (SSSR count). The number of halogens is 2. The predicted octanol–water partition coefficient (Wildman–Crippen LogP) is 3.21. The Kier molecular flexibility index (Phi) is 5.30. The molecule has 1 N–H and O–H groups in total. The molecule has 0 saturated heterocycles. The zero-order valence-corrected chi connectivity index (χ0v) is 13.7. The van der Waals surface area contributed by atoms with Crippen LogP contribution in [0, 0.1) is 24.0 Å². The molecule has 1 unspecified atom stereocenters. The maximum Gasteiger partial charge on any atom is 0.387 e. The lowest BCUT2D eigenvalue weighted by Gasteiger charge is -2.16. The van der Waals surface area contributed by atoms with Crippen LogP contribution in [0.4, 0.5) is 20.2 Å². The summed E-state index contributed by atoms with van der Waals surface area (Å²) >= 11 is 0. The summed E-state index contributed by atoms with van der Waals surface area (Å²) in [6.45, 7) is 1.74. The molecule has 0 saturated carbocycles. The third-order valence-corrected chi connectivity index (χ3v) is 3.64. The van der Waals surface area contributed by atoms with E-state index in [-0.39, 0.29) is 17.1 Å². The zero-order chi connectivity index (χ0) is 18.7. The minimum atomic E-state index is -2.93. The van der Waals surface area contributed by atoms with E-state index in [0.29, 0.717) is 11.3 Å². The highest BCUT2D eigenvalue weighted by atomic mass is 19.3. The molecule has 0 spiro atoms. The molecule has 0 aliphatic rings. The van der Waals surface area contributed by atoms with E-state index in [1.165, 1.54) is 29.8 Å². The molecule has 2 aromatic rings. The number of aryl methyl sites for hydroxylation is 1. The summed E-state index contributed by atoms with van der Waals surface area (Å²) in [7, 11) is 0. The van der Waals surface area contributed by atoms with Gasteiger partial charge in [0.25, 0.3) is 0 Å². The van der Waals surface area contributed by atoms with Crippen LogP contribution in [0.2, 0.25) is 0 Å². The van der Waals surface area contributed by atoms with E-state index < -0.39 is 23.5 Å². The van der Waals surface area contributed by atoms with Crippen LogP contribution in [0.1, 0.15) is 24.2 Å². The number of aromatic nitrogens is 2. The number of nitrogens with zero attached hydrogens (tertiary/aromatic N) is 3. The van der Waals surface area contributed by atoms with Crippen molar-refractivity contribution in [2.75, 3.05) is 5.32 Å². The van der Waals surface area contributed by atoms with Gasteiger partial charge in [-0.15, -0.1) is 0 Å². The summed E-state index contributed by atoms with van der Waals surface area (Å²) in [5.74, 6) is -0.469. The van der Waals surface area contributed by atoms with Crippen LogP contribution in [0.3, 0.4) is 0 Å². The lowest BCUT2D eigenvalue weighted by Crippen LogP contribution is -2.25. The fourth-order valence-electron chi connectivity index (χ4n) is 2.28. The van der Waals surface area contributed by atoms with Crippen molar-refractivity contribution in [2.45, 2.75) is 33.4 Å². The molecule has 1 amide bonds. The van der Waals surface area contributed by atoms with Crippen LogP contribution in [-0.2, 0) is 4.79 Å². The predicted molar refractivity (Wildman–Crippen MR) is 84.8 cm³/mol. The Labute approximate surface area is 141 Å². The van der Waals surface area contributed by atoms with E-state index in [0.717, 1.165) is 6.20 Å². The van der Waals surface area contributed by atoms with E-state index in [4.69, 9.17) is 0 Å². The van der Waals surface area contributed by atoms with Crippen molar-refractivity contribution in [2.24, 2.45) is 0 Å². The minimum absolute atomic E-state index is 0.0166. The zero-order valence-electron chi connectivity index (χ0n) is 13.7. The van der Waals surface area contributed by atoms with Gasteiger partial charge >= 0.3 is 12.3 Å². The molecule has 1 aromatic heterocycles. The molecule has 0 fully saturated rings. The number of carbonyl (C=O) groups is 1. The number of rotatable bonds is 6. The Bertz CT molecular complexity index is 807. The summed E-state index contributed by atoms with van der Waals surface area (Å²) < 4.78 is 29.9. The van der Waals surface area contributed by atoms with Crippen molar-refractivity contribution in [1.82, 2.24) is 9.78 Å². The maximum atomic E-state index is 12.4. The lowest BCUT2D eigenvalue weighted by molar-refractivity contribution is -0.385. The van der Waals surface area contributed by atoms with Crippen molar-refractivity contribution in [3.05, 3.63) is 45.8 Å². The second kappa shape index (κ2) is 7.24. The van der Waals surface area contributed by atoms with Crippen molar-refractivity contribution >= 4 is 17.3 Å². The molecule has 0 aliphatic carbocycles. The average Bonchev–Trinajstić information content (AvgIpc) is 2.90. The third-order valence-electron chi connectivity index (χ3n) is 3.64. The highest BCUT2D eigenvalue weighted by Crippen LogP contribution is 2.25. The summed E-state index contributed by atoms with van der Waals surface area (Å²) in [5, 5.41) is 17.4. The highest BCUT2D eigenvalue weighted by molar-refractivity contribution is 5.94. The van der Waals surface area contributed by atoms with Crippen LogP contribution in [0.5, 0.6) is 5.75 Å². The normalized spacial score (nSPS) is 12.1. The fraction of sp³-hybridized carbons (Fsp3) is 0.333. The van der Waals surface area contributed by atoms with Crippen LogP contribution in [0.15, 0.2) is 24.4 Å². The molecule has 25 heavy (non-hydrogen) atoms. The Morgan fingerprint density at radius 2 is 2.08 bits per heavy atom. The van der Waals surface area contributed by atoms with Gasteiger partial charge in [0.05, 0.1) is 4.92 Å². The first-order valence-electron chi connectivity index (χ1n) is 7.25. The number of nitro groups is 1. The second-order valence-corrected chi connectivity index (χ2v) is 5.34. The molecule has 1 atom stereocenters. The van der Waals surface area contributed by atoms with Gasteiger partial charge in [0, 0.05) is 5.69 Å². The second-order valence-electron chi connectivity index (χ2n) is 5.34. The maximum absolute atomic E-state index is 12.4. The largest absolute Gasteiger partial charge is 0.435 e. The van der Waals surface area contributed by atoms with Gasteiger partial charge in [-0.2, -0.15) is 13.9 Å². The summed E-state index contributed by atoms with van der Waals surface area (Å²) in [6.07, 6.45) is 1.08. The van der Waals surface area contributed by atoms with Gasteiger partial charge in [-0.05, 0) is 44.5 Å². The smallest absolute Gasteiger partial charge is 0.387 e. The lowest BCUT2D eigenvalue weighted by atomic mass is 10.2.